The summed E-state index contributed by atoms with van der Waals surface area (Å²) in [4.78, 5) is 2.54. The van der Waals surface area contributed by atoms with Gasteiger partial charge in [-0.2, -0.15) is 0 Å². The summed E-state index contributed by atoms with van der Waals surface area (Å²) in [5.41, 5.74) is 17.0. The number of thiophene rings is 1. The molecular weight excluding hydrogens is 817 g/mol. The van der Waals surface area contributed by atoms with Crippen LogP contribution in [0.15, 0.2) is 231 Å². The molecule has 13 aromatic rings. The number of benzene rings is 11. The Kier molecular flexibility index (Phi) is 7.34. The zero-order valence-electron chi connectivity index (χ0n) is 35.7. The zero-order valence-corrected chi connectivity index (χ0v) is 36.6. The lowest BCUT2D eigenvalue weighted by molar-refractivity contribution is 0.773. The Morgan fingerprint density at radius 3 is 1.71 bits per heavy atom. The Bertz CT molecular complexity index is 4150. The van der Waals surface area contributed by atoms with E-state index in [9.17, 15) is 0 Å². The second-order valence-electron chi connectivity index (χ2n) is 17.9. The second-order valence-corrected chi connectivity index (χ2v) is 19.0. The summed E-state index contributed by atoms with van der Waals surface area (Å²) in [7, 11) is 0. The summed E-state index contributed by atoms with van der Waals surface area (Å²) < 4.78 is 5.12. The lowest BCUT2D eigenvalue weighted by Crippen LogP contribution is -2.31. The molecule has 2 nitrogen and oxygen atoms in total. The molecule has 0 saturated heterocycles. The largest absolute Gasteiger partial charge is 0.309 e. The number of aromatic nitrogens is 1. The van der Waals surface area contributed by atoms with Gasteiger partial charge in [0.15, 0.2) is 0 Å². The molecule has 2 heterocycles. The Hall–Kier alpha value is -8.24. The van der Waals surface area contributed by atoms with Gasteiger partial charge < -0.3 is 9.47 Å². The summed E-state index contributed by atoms with van der Waals surface area (Å²) >= 11 is 1.87. The van der Waals surface area contributed by atoms with Crippen molar-refractivity contribution in [1.29, 1.82) is 0 Å². The molecule has 2 aliphatic rings. The number of para-hydroxylation sites is 1. The van der Waals surface area contributed by atoms with Crippen LogP contribution in [0.1, 0.15) is 22.3 Å². The summed E-state index contributed by atoms with van der Waals surface area (Å²) in [5.74, 6) is 0. The minimum atomic E-state index is -0.480. The van der Waals surface area contributed by atoms with Crippen molar-refractivity contribution in [2.75, 3.05) is 4.90 Å². The molecule has 0 saturated carbocycles. The molecule has 0 atom stereocenters. The van der Waals surface area contributed by atoms with Crippen molar-refractivity contribution in [2.24, 2.45) is 0 Å². The van der Waals surface area contributed by atoms with Crippen molar-refractivity contribution in [3.8, 4) is 27.9 Å². The minimum absolute atomic E-state index is 0.480. The maximum absolute atomic E-state index is 2.54. The first-order valence-corrected chi connectivity index (χ1v) is 23.7. The van der Waals surface area contributed by atoms with Crippen molar-refractivity contribution in [2.45, 2.75) is 5.41 Å². The van der Waals surface area contributed by atoms with Crippen LogP contribution in [0.3, 0.4) is 0 Å². The summed E-state index contributed by atoms with van der Waals surface area (Å²) in [6.45, 7) is 0. The first-order chi connectivity index (χ1) is 32.8. The molecular formula is C63H38N2S. The normalized spacial score (nSPS) is 13.3. The fourth-order valence-electron chi connectivity index (χ4n) is 12.2. The van der Waals surface area contributed by atoms with E-state index in [0.29, 0.717) is 0 Å². The highest BCUT2D eigenvalue weighted by atomic mass is 32.1. The molecule has 11 aromatic carbocycles. The number of fused-ring (bicyclic) bond motifs is 16. The lowest BCUT2D eigenvalue weighted by Gasteiger charge is -2.40. The highest BCUT2D eigenvalue weighted by molar-refractivity contribution is 7.25. The molecule has 0 radical (unpaired) electrons. The van der Waals surface area contributed by atoms with Crippen molar-refractivity contribution >= 4 is 91.9 Å². The van der Waals surface area contributed by atoms with E-state index in [-0.39, 0.29) is 0 Å². The number of rotatable bonds is 4. The molecule has 2 aromatic heterocycles. The van der Waals surface area contributed by atoms with E-state index < -0.39 is 5.41 Å². The number of anilines is 3. The molecule has 3 heteroatoms. The van der Waals surface area contributed by atoms with Crippen LogP contribution >= 0.6 is 11.3 Å². The van der Waals surface area contributed by atoms with Crippen molar-refractivity contribution < 1.29 is 0 Å². The maximum atomic E-state index is 2.54. The molecule has 1 spiro atoms. The molecule has 15 rings (SSSR count). The quantitative estimate of drug-likeness (QED) is 0.171. The molecule has 306 valence electrons. The van der Waals surface area contributed by atoms with E-state index in [1.807, 2.05) is 11.3 Å². The first-order valence-electron chi connectivity index (χ1n) is 22.8. The van der Waals surface area contributed by atoms with Crippen molar-refractivity contribution in [3.63, 3.8) is 0 Å². The van der Waals surface area contributed by atoms with Crippen LogP contribution in [0, 0.1) is 0 Å². The summed E-state index contributed by atoms with van der Waals surface area (Å²) in [6, 6.07) is 86.5. The van der Waals surface area contributed by atoms with Gasteiger partial charge in [0.2, 0.25) is 0 Å². The van der Waals surface area contributed by atoms with Gasteiger partial charge in [-0.05, 0) is 104 Å². The van der Waals surface area contributed by atoms with Crippen molar-refractivity contribution in [1.82, 2.24) is 4.57 Å². The third-order valence-corrected chi connectivity index (χ3v) is 15.9. The third-order valence-electron chi connectivity index (χ3n) is 14.8. The smallest absolute Gasteiger partial charge is 0.0725 e. The Labute approximate surface area is 385 Å². The molecule has 0 fully saturated rings. The SMILES string of the molecule is c1ccc2c(c1)-c1ccccc1C21c2ccccc2-c2ccc(N(c3ccc4c5ccccc5n(-c5cccc6sc7ccccc7c56)c4c3)c3cccc4ccccc34)c3cccc1c23. The summed E-state index contributed by atoms with van der Waals surface area (Å²) in [5, 5.41) is 10.0. The fourth-order valence-corrected chi connectivity index (χ4v) is 13.4. The average Bonchev–Trinajstić information content (AvgIpc) is 4.03. The Morgan fingerprint density at radius 2 is 0.909 bits per heavy atom. The molecule has 0 aliphatic heterocycles. The molecule has 0 amide bonds. The third kappa shape index (κ3) is 4.64. The van der Waals surface area contributed by atoms with Crippen molar-refractivity contribution in [3.05, 3.63) is 253 Å². The Morgan fingerprint density at radius 1 is 0.348 bits per heavy atom. The molecule has 0 unspecified atom stereocenters. The fraction of sp³-hybridized carbons (Fsp3) is 0.0159. The maximum Gasteiger partial charge on any atom is 0.0725 e. The summed E-state index contributed by atoms with van der Waals surface area (Å²) in [6.07, 6.45) is 0. The highest BCUT2D eigenvalue weighted by Crippen LogP contribution is 2.62. The van der Waals surface area contributed by atoms with Crippen LogP contribution in [-0.2, 0) is 5.41 Å². The highest BCUT2D eigenvalue weighted by Gasteiger charge is 2.50. The van der Waals surface area contributed by atoms with E-state index in [1.165, 1.54) is 114 Å². The van der Waals surface area contributed by atoms with Crippen LogP contribution in [0.2, 0.25) is 0 Å². The van der Waals surface area contributed by atoms with Gasteiger partial charge in [0.1, 0.15) is 0 Å². The van der Waals surface area contributed by atoms with Crippen LogP contribution in [0.4, 0.5) is 17.1 Å². The van der Waals surface area contributed by atoms with Crippen LogP contribution in [0.5, 0.6) is 0 Å². The van der Waals surface area contributed by atoms with Gasteiger partial charge in [0.25, 0.3) is 0 Å². The van der Waals surface area contributed by atoms with Crippen LogP contribution in [-0.4, -0.2) is 4.57 Å². The second kappa shape index (κ2) is 13.4. The number of hydrogen-bond donors (Lipinski definition) is 0. The molecule has 0 bridgehead atoms. The van der Waals surface area contributed by atoms with Gasteiger partial charge in [0, 0.05) is 47.4 Å². The van der Waals surface area contributed by atoms with Gasteiger partial charge in [-0.3, -0.25) is 0 Å². The van der Waals surface area contributed by atoms with Gasteiger partial charge in [-0.25, -0.2) is 0 Å². The predicted molar refractivity (Wildman–Crippen MR) is 280 cm³/mol. The van der Waals surface area contributed by atoms with E-state index in [2.05, 4.69) is 240 Å². The number of nitrogens with zero attached hydrogens (tertiary/aromatic N) is 2. The first kappa shape index (κ1) is 36.1. The van der Waals surface area contributed by atoms with Gasteiger partial charge in [0.05, 0.1) is 33.5 Å². The van der Waals surface area contributed by atoms with Gasteiger partial charge in [-0.15, -0.1) is 11.3 Å². The average molecular weight is 855 g/mol. The van der Waals surface area contributed by atoms with Gasteiger partial charge in [-0.1, -0.05) is 182 Å². The Balaban J connectivity index is 1.05. The van der Waals surface area contributed by atoms with E-state index in [0.717, 1.165) is 17.1 Å². The minimum Gasteiger partial charge on any atom is -0.309 e. The van der Waals surface area contributed by atoms with E-state index >= 15 is 0 Å². The predicted octanol–water partition coefficient (Wildman–Crippen LogP) is 17.3. The monoisotopic (exact) mass is 854 g/mol. The van der Waals surface area contributed by atoms with Crippen LogP contribution < -0.4 is 4.90 Å². The van der Waals surface area contributed by atoms with E-state index in [4.69, 9.17) is 0 Å². The van der Waals surface area contributed by atoms with E-state index in [1.54, 1.807) is 0 Å². The van der Waals surface area contributed by atoms with Crippen LogP contribution in [0.25, 0.3) is 91.5 Å². The molecule has 2 aliphatic carbocycles. The molecule has 66 heavy (non-hydrogen) atoms. The number of hydrogen-bond acceptors (Lipinski definition) is 2. The zero-order chi connectivity index (χ0) is 43.1. The van der Waals surface area contributed by atoms with Gasteiger partial charge >= 0.3 is 0 Å². The standard InChI is InChI=1S/C63H38N2S/c1-2-18-41-39(16-1)17-13-30-54(41)64(40-34-35-46-45-22-6-11-29-55(45)65(58(46)38-40)57-31-15-33-60-62(57)49-23-7-12-32-59(49)66-60)56-37-36-47-44-21-5-10-27-52(44)63(53-28-14-24-48(56)61(47)53)50-25-8-3-19-42(50)43-20-4-9-26-51(43)63/h1-38H. The lowest BCUT2D eigenvalue weighted by atomic mass is 9.61. The topological polar surface area (TPSA) is 8.17 Å². The molecule has 0 N–H and O–H groups in total.